The van der Waals surface area contributed by atoms with Crippen LogP contribution in [0.15, 0.2) is 48.5 Å². The number of likely N-dealkylation sites (N-methyl/N-ethyl adjacent to an activating group) is 1. The lowest BCUT2D eigenvalue weighted by Gasteiger charge is -2.29. The summed E-state index contributed by atoms with van der Waals surface area (Å²) in [6, 6.07) is 15.5. The number of benzene rings is 2. The summed E-state index contributed by atoms with van der Waals surface area (Å²) in [6.45, 7) is 11.1. The number of hydrogen-bond donors (Lipinski definition) is 1. The molecule has 0 spiro atoms. The van der Waals surface area contributed by atoms with E-state index < -0.39 is 6.04 Å². The van der Waals surface area contributed by atoms with Crippen LogP contribution >= 0.6 is 0 Å². The molecular weight excluding hydrogens is 388 g/mol. The molecule has 0 aromatic heterocycles. The maximum atomic E-state index is 13.1. The molecule has 31 heavy (non-hydrogen) atoms. The van der Waals surface area contributed by atoms with Crippen molar-refractivity contribution in [3.05, 3.63) is 65.2 Å². The highest BCUT2D eigenvalue weighted by atomic mass is 16.5. The third-order valence-corrected chi connectivity index (χ3v) is 5.48. The van der Waals surface area contributed by atoms with Crippen molar-refractivity contribution in [3.63, 3.8) is 0 Å². The van der Waals surface area contributed by atoms with Crippen LogP contribution in [0.5, 0.6) is 5.75 Å². The van der Waals surface area contributed by atoms with Gasteiger partial charge in [-0.1, -0.05) is 57.2 Å². The quantitative estimate of drug-likeness (QED) is 0.646. The molecule has 2 aromatic rings. The predicted molar refractivity (Wildman–Crippen MR) is 125 cm³/mol. The third kappa shape index (κ3) is 7.12. The molecule has 0 saturated heterocycles. The van der Waals surface area contributed by atoms with E-state index in [-0.39, 0.29) is 17.2 Å². The molecule has 1 atom stereocenters. The monoisotopic (exact) mass is 424 g/mol. The lowest BCUT2D eigenvalue weighted by Crippen LogP contribution is -2.47. The highest BCUT2D eigenvalue weighted by molar-refractivity contribution is 5.87. The minimum Gasteiger partial charge on any atom is -0.497 e. The standard InChI is InChI=1S/C26H36N2O3/c1-7-27-25(30)19(2)28(18-21-10-15-23(31-6)16-11-21)24(29)17-12-20-8-13-22(14-9-20)26(3,4)5/h8-11,13-16,19H,7,12,17-18H2,1-6H3,(H,27,30)/t19-/m0/s1. The topological polar surface area (TPSA) is 58.6 Å². The summed E-state index contributed by atoms with van der Waals surface area (Å²) in [5.74, 6) is 0.588. The fourth-order valence-corrected chi connectivity index (χ4v) is 3.40. The van der Waals surface area contributed by atoms with Gasteiger partial charge in [0.25, 0.3) is 0 Å². The number of amides is 2. The normalized spacial score (nSPS) is 12.2. The SMILES string of the molecule is CCNC(=O)[C@H](C)N(Cc1ccc(OC)cc1)C(=O)CCc1ccc(C(C)(C)C)cc1. The Kier molecular flexibility index (Phi) is 8.66. The number of rotatable bonds is 9. The summed E-state index contributed by atoms with van der Waals surface area (Å²) in [5, 5.41) is 2.83. The molecule has 0 radical (unpaired) electrons. The van der Waals surface area contributed by atoms with E-state index in [1.807, 2.05) is 31.2 Å². The zero-order valence-corrected chi connectivity index (χ0v) is 19.7. The van der Waals surface area contributed by atoms with Crippen LogP contribution in [0, 0.1) is 0 Å². The smallest absolute Gasteiger partial charge is 0.242 e. The fraction of sp³-hybridized carbons (Fsp3) is 0.462. The van der Waals surface area contributed by atoms with E-state index in [1.165, 1.54) is 5.56 Å². The molecule has 0 bridgehead atoms. The lowest BCUT2D eigenvalue weighted by atomic mass is 9.86. The van der Waals surface area contributed by atoms with Gasteiger partial charge in [0.05, 0.1) is 7.11 Å². The van der Waals surface area contributed by atoms with Crippen molar-refractivity contribution in [2.45, 2.75) is 65.5 Å². The highest BCUT2D eigenvalue weighted by Crippen LogP contribution is 2.23. The van der Waals surface area contributed by atoms with Gasteiger partial charge in [0.2, 0.25) is 11.8 Å². The molecule has 0 aliphatic carbocycles. The van der Waals surface area contributed by atoms with Crippen molar-refractivity contribution in [2.24, 2.45) is 0 Å². The number of carbonyl (C=O) groups is 2. The first kappa shape index (κ1) is 24.4. The van der Waals surface area contributed by atoms with E-state index in [9.17, 15) is 9.59 Å². The van der Waals surface area contributed by atoms with Crippen LogP contribution in [0.4, 0.5) is 0 Å². The summed E-state index contributed by atoms with van der Waals surface area (Å²) >= 11 is 0. The van der Waals surface area contributed by atoms with Gasteiger partial charge in [0, 0.05) is 19.5 Å². The van der Waals surface area contributed by atoms with Gasteiger partial charge < -0.3 is 15.0 Å². The van der Waals surface area contributed by atoms with Crippen LogP contribution in [0.2, 0.25) is 0 Å². The van der Waals surface area contributed by atoms with E-state index in [1.54, 1.807) is 18.9 Å². The summed E-state index contributed by atoms with van der Waals surface area (Å²) in [5.41, 5.74) is 3.45. The van der Waals surface area contributed by atoms with Crippen LogP contribution in [0.25, 0.3) is 0 Å². The second-order valence-electron chi connectivity index (χ2n) is 8.89. The van der Waals surface area contributed by atoms with Crippen LogP contribution < -0.4 is 10.1 Å². The molecule has 0 heterocycles. The first-order valence-corrected chi connectivity index (χ1v) is 10.9. The molecule has 1 N–H and O–H groups in total. The zero-order valence-electron chi connectivity index (χ0n) is 19.7. The molecule has 0 aliphatic heterocycles. The first-order chi connectivity index (χ1) is 14.7. The summed E-state index contributed by atoms with van der Waals surface area (Å²) in [4.78, 5) is 27.3. The summed E-state index contributed by atoms with van der Waals surface area (Å²) < 4.78 is 5.21. The number of nitrogens with zero attached hydrogens (tertiary/aromatic N) is 1. The Labute approximate surface area is 186 Å². The van der Waals surface area contributed by atoms with Gasteiger partial charge in [-0.15, -0.1) is 0 Å². The Morgan fingerprint density at radius 2 is 1.58 bits per heavy atom. The molecule has 168 valence electrons. The van der Waals surface area contributed by atoms with E-state index in [0.29, 0.717) is 25.9 Å². The van der Waals surface area contributed by atoms with Gasteiger partial charge in [0.1, 0.15) is 11.8 Å². The molecule has 0 fully saturated rings. The predicted octanol–water partition coefficient (Wildman–Crippen LogP) is 4.48. The highest BCUT2D eigenvalue weighted by Gasteiger charge is 2.25. The van der Waals surface area contributed by atoms with Gasteiger partial charge in [-0.05, 0) is 54.5 Å². The average molecular weight is 425 g/mol. The molecule has 2 rings (SSSR count). The number of hydrogen-bond acceptors (Lipinski definition) is 3. The Bertz CT molecular complexity index is 852. The third-order valence-electron chi connectivity index (χ3n) is 5.48. The first-order valence-electron chi connectivity index (χ1n) is 10.9. The van der Waals surface area contributed by atoms with E-state index in [2.05, 4.69) is 50.4 Å². The van der Waals surface area contributed by atoms with Crippen molar-refractivity contribution < 1.29 is 14.3 Å². The second kappa shape index (κ2) is 11.0. The lowest BCUT2D eigenvalue weighted by molar-refractivity contribution is -0.140. The minimum absolute atomic E-state index is 0.0329. The van der Waals surface area contributed by atoms with E-state index >= 15 is 0 Å². The van der Waals surface area contributed by atoms with Crippen molar-refractivity contribution in [1.82, 2.24) is 10.2 Å². The van der Waals surface area contributed by atoms with Crippen LogP contribution in [-0.4, -0.2) is 36.4 Å². The Morgan fingerprint density at radius 1 is 1.00 bits per heavy atom. The summed E-state index contributed by atoms with van der Waals surface area (Å²) in [6.07, 6.45) is 0.999. The maximum absolute atomic E-state index is 13.1. The molecule has 0 aliphatic rings. The molecule has 0 unspecified atom stereocenters. The van der Waals surface area contributed by atoms with E-state index in [0.717, 1.165) is 16.9 Å². The van der Waals surface area contributed by atoms with E-state index in [4.69, 9.17) is 4.74 Å². The average Bonchev–Trinajstić information content (AvgIpc) is 2.75. The van der Waals surface area contributed by atoms with Gasteiger partial charge >= 0.3 is 0 Å². The fourth-order valence-electron chi connectivity index (χ4n) is 3.40. The number of aryl methyl sites for hydroxylation is 1. The zero-order chi connectivity index (χ0) is 23.0. The van der Waals surface area contributed by atoms with Crippen molar-refractivity contribution in [2.75, 3.05) is 13.7 Å². The molecule has 0 saturated carbocycles. The molecular formula is C26H36N2O3. The molecule has 2 amide bonds. The van der Waals surface area contributed by atoms with Crippen molar-refractivity contribution >= 4 is 11.8 Å². The Balaban J connectivity index is 2.11. The van der Waals surface area contributed by atoms with Gasteiger partial charge in [0.15, 0.2) is 0 Å². The minimum atomic E-state index is -0.544. The summed E-state index contributed by atoms with van der Waals surface area (Å²) in [7, 11) is 1.62. The van der Waals surface area contributed by atoms with Crippen LogP contribution in [-0.2, 0) is 28.0 Å². The number of ether oxygens (including phenoxy) is 1. The second-order valence-corrected chi connectivity index (χ2v) is 8.89. The van der Waals surface area contributed by atoms with Crippen molar-refractivity contribution in [1.29, 1.82) is 0 Å². The van der Waals surface area contributed by atoms with Gasteiger partial charge in [-0.3, -0.25) is 9.59 Å². The Hall–Kier alpha value is -2.82. The number of nitrogens with one attached hydrogen (secondary N) is 1. The molecule has 5 heteroatoms. The van der Waals surface area contributed by atoms with Gasteiger partial charge in [-0.2, -0.15) is 0 Å². The molecule has 2 aromatic carbocycles. The number of carbonyl (C=O) groups excluding carboxylic acids is 2. The van der Waals surface area contributed by atoms with Crippen LogP contribution in [0.3, 0.4) is 0 Å². The largest absolute Gasteiger partial charge is 0.497 e. The Morgan fingerprint density at radius 3 is 2.10 bits per heavy atom. The van der Waals surface area contributed by atoms with Crippen LogP contribution in [0.1, 0.15) is 57.7 Å². The van der Waals surface area contributed by atoms with Gasteiger partial charge in [-0.25, -0.2) is 0 Å². The number of methoxy groups -OCH3 is 1. The van der Waals surface area contributed by atoms with Crippen molar-refractivity contribution in [3.8, 4) is 5.75 Å². The maximum Gasteiger partial charge on any atom is 0.242 e. The molecule has 5 nitrogen and oxygen atoms in total.